The lowest BCUT2D eigenvalue weighted by atomic mass is 10.2. The monoisotopic (exact) mass is 252 g/mol. The summed E-state index contributed by atoms with van der Waals surface area (Å²) in [4.78, 5) is 10.2. The molecule has 0 heterocycles. The molecule has 0 spiro atoms. The van der Waals surface area contributed by atoms with Crippen LogP contribution >= 0.6 is 0 Å². The molecule has 0 atom stereocenters. The molecule has 0 aliphatic carbocycles. The van der Waals surface area contributed by atoms with Crippen molar-refractivity contribution in [3.63, 3.8) is 0 Å². The molecule has 0 unspecified atom stereocenters. The highest BCUT2D eigenvalue weighted by atomic mass is 16.5. The standard InChI is InChI=1S/C6H12O.C4H10O.C2H6O.CH4O/c1-3-4-5-6(2)7;1-3-4-5-2;1-3-2;1-2/h3-5H2,1-2H3;3-4H2,1-2H3;1-2H3;2H,1H3. The number of ether oxygens (including phenoxy) is 2. The number of hydrogen-bond donors (Lipinski definition) is 1. The largest absolute Gasteiger partial charge is 0.400 e. The second-order valence-electron chi connectivity index (χ2n) is 3.21. The third kappa shape index (κ3) is 92.7. The van der Waals surface area contributed by atoms with E-state index in [1.54, 1.807) is 28.3 Å². The van der Waals surface area contributed by atoms with Gasteiger partial charge in [-0.05, 0) is 19.8 Å². The molecule has 0 aliphatic heterocycles. The number of rotatable bonds is 5. The lowest BCUT2D eigenvalue weighted by molar-refractivity contribution is -0.117. The Balaban J connectivity index is -0.0000000743. The second-order valence-corrected chi connectivity index (χ2v) is 3.21. The summed E-state index contributed by atoms with van der Waals surface area (Å²) in [6, 6.07) is 0. The Kier molecular flexibility index (Phi) is 53.9. The van der Waals surface area contributed by atoms with E-state index < -0.39 is 0 Å². The average molecular weight is 252 g/mol. The Hall–Kier alpha value is -0.450. The zero-order valence-corrected chi connectivity index (χ0v) is 12.7. The molecular formula is C13H32O4. The number of carbonyl (C=O) groups excluding carboxylic acids is 1. The van der Waals surface area contributed by atoms with Crippen LogP contribution in [0.2, 0.25) is 0 Å². The highest BCUT2D eigenvalue weighted by Gasteiger charge is 1.87. The summed E-state index contributed by atoms with van der Waals surface area (Å²) in [5.41, 5.74) is 0. The van der Waals surface area contributed by atoms with Crippen LogP contribution in [-0.4, -0.2) is 45.9 Å². The van der Waals surface area contributed by atoms with Gasteiger partial charge in [0.05, 0.1) is 0 Å². The minimum atomic E-state index is 0.307. The van der Waals surface area contributed by atoms with E-state index in [2.05, 4.69) is 18.6 Å². The van der Waals surface area contributed by atoms with E-state index in [9.17, 15) is 4.79 Å². The third-order valence-electron chi connectivity index (χ3n) is 1.29. The van der Waals surface area contributed by atoms with Crippen molar-refractivity contribution >= 4 is 5.78 Å². The minimum absolute atomic E-state index is 0.307. The van der Waals surface area contributed by atoms with E-state index in [1.807, 2.05) is 0 Å². The summed E-state index contributed by atoms with van der Waals surface area (Å²) in [6.07, 6.45) is 4.06. The Labute approximate surface area is 107 Å². The molecule has 0 rings (SSSR count). The van der Waals surface area contributed by atoms with Crippen LogP contribution in [0.1, 0.15) is 46.5 Å². The summed E-state index contributed by atoms with van der Waals surface area (Å²) < 4.78 is 8.94. The Morgan fingerprint density at radius 3 is 1.53 bits per heavy atom. The minimum Gasteiger partial charge on any atom is -0.400 e. The van der Waals surface area contributed by atoms with Gasteiger partial charge in [-0.15, -0.1) is 0 Å². The van der Waals surface area contributed by atoms with Gasteiger partial charge in [-0.2, -0.15) is 0 Å². The molecule has 4 nitrogen and oxygen atoms in total. The number of methoxy groups -OCH3 is 2. The second kappa shape index (κ2) is 36.1. The summed E-state index contributed by atoms with van der Waals surface area (Å²) in [5.74, 6) is 0.307. The van der Waals surface area contributed by atoms with E-state index in [1.165, 1.54) is 0 Å². The number of aliphatic hydroxyl groups is 1. The molecular weight excluding hydrogens is 220 g/mol. The van der Waals surface area contributed by atoms with Crippen LogP contribution in [-0.2, 0) is 14.3 Å². The van der Waals surface area contributed by atoms with Crippen molar-refractivity contribution in [2.75, 3.05) is 35.0 Å². The fourth-order valence-electron chi connectivity index (χ4n) is 0.630. The highest BCUT2D eigenvalue weighted by molar-refractivity contribution is 5.75. The van der Waals surface area contributed by atoms with Crippen LogP contribution in [0.3, 0.4) is 0 Å². The van der Waals surface area contributed by atoms with Crippen molar-refractivity contribution in [3.8, 4) is 0 Å². The van der Waals surface area contributed by atoms with Crippen LogP contribution in [0.15, 0.2) is 0 Å². The SMILES string of the molecule is CCCCC(C)=O.CCCOC.CO.COC. The molecule has 108 valence electrons. The van der Waals surface area contributed by atoms with Crippen LogP contribution < -0.4 is 0 Å². The van der Waals surface area contributed by atoms with Crippen LogP contribution in [0.4, 0.5) is 0 Å². The van der Waals surface area contributed by atoms with Gasteiger partial charge in [-0.3, -0.25) is 0 Å². The Morgan fingerprint density at radius 1 is 1.06 bits per heavy atom. The van der Waals surface area contributed by atoms with Gasteiger partial charge in [0.15, 0.2) is 0 Å². The maximum absolute atomic E-state index is 10.2. The van der Waals surface area contributed by atoms with Gasteiger partial charge in [0, 0.05) is 41.5 Å². The third-order valence-corrected chi connectivity index (χ3v) is 1.29. The number of Topliss-reactive ketones (excluding diaryl/α,β-unsaturated/α-hetero) is 1. The molecule has 0 aromatic rings. The Morgan fingerprint density at radius 2 is 1.47 bits per heavy atom. The van der Waals surface area contributed by atoms with Crippen molar-refractivity contribution in [1.82, 2.24) is 0 Å². The van der Waals surface area contributed by atoms with Gasteiger partial charge < -0.3 is 19.4 Å². The molecule has 17 heavy (non-hydrogen) atoms. The molecule has 0 amide bonds. The highest BCUT2D eigenvalue weighted by Crippen LogP contribution is 1.92. The first-order valence-corrected chi connectivity index (χ1v) is 5.93. The molecule has 0 aliphatic rings. The van der Waals surface area contributed by atoms with Gasteiger partial charge in [-0.25, -0.2) is 0 Å². The molecule has 0 radical (unpaired) electrons. The lowest BCUT2D eigenvalue weighted by Crippen LogP contribution is -1.86. The predicted octanol–water partition coefficient (Wildman–Crippen LogP) is 2.68. The molecule has 0 bridgehead atoms. The number of aliphatic hydroxyl groups excluding tert-OH is 1. The summed E-state index contributed by atoms with van der Waals surface area (Å²) in [5, 5.41) is 7.00. The van der Waals surface area contributed by atoms with Gasteiger partial charge in [-0.1, -0.05) is 20.3 Å². The zero-order valence-electron chi connectivity index (χ0n) is 12.7. The zero-order chi connectivity index (χ0) is 14.5. The van der Waals surface area contributed by atoms with Crippen molar-refractivity contribution < 1.29 is 19.4 Å². The first-order valence-electron chi connectivity index (χ1n) is 5.93. The van der Waals surface area contributed by atoms with Crippen LogP contribution in [0, 0.1) is 0 Å². The van der Waals surface area contributed by atoms with Crippen molar-refractivity contribution in [2.24, 2.45) is 0 Å². The van der Waals surface area contributed by atoms with Crippen LogP contribution in [0.25, 0.3) is 0 Å². The summed E-state index contributed by atoms with van der Waals surface area (Å²) >= 11 is 0. The lowest BCUT2D eigenvalue weighted by Gasteiger charge is -1.86. The van der Waals surface area contributed by atoms with E-state index in [4.69, 9.17) is 9.84 Å². The summed E-state index contributed by atoms with van der Waals surface area (Å²) in [6.45, 7) is 6.70. The normalized spacial score (nSPS) is 7.53. The quantitative estimate of drug-likeness (QED) is 0.817. The fourth-order valence-corrected chi connectivity index (χ4v) is 0.630. The molecule has 0 fully saturated rings. The van der Waals surface area contributed by atoms with E-state index >= 15 is 0 Å². The molecule has 0 saturated carbocycles. The average Bonchev–Trinajstić information content (AvgIpc) is 2.32. The van der Waals surface area contributed by atoms with Gasteiger partial charge in [0.25, 0.3) is 0 Å². The summed E-state index contributed by atoms with van der Waals surface area (Å²) in [7, 11) is 5.96. The van der Waals surface area contributed by atoms with Crippen molar-refractivity contribution in [1.29, 1.82) is 0 Å². The molecule has 1 N–H and O–H groups in total. The number of carbonyl (C=O) groups is 1. The molecule has 4 heteroatoms. The molecule has 0 aromatic carbocycles. The molecule has 0 aromatic heterocycles. The first-order chi connectivity index (χ1) is 8.10. The van der Waals surface area contributed by atoms with Gasteiger partial charge in [0.1, 0.15) is 5.78 Å². The van der Waals surface area contributed by atoms with E-state index in [0.29, 0.717) is 5.78 Å². The topological polar surface area (TPSA) is 55.8 Å². The number of unbranched alkanes of at least 4 members (excludes halogenated alkanes) is 1. The van der Waals surface area contributed by atoms with Crippen molar-refractivity contribution in [3.05, 3.63) is 0 Å². The fraction of sp³-hybridized carbons (Fsp3) is 0.923. The number of hydrogen-bond acceptors (Lipinski definition) is 4. The predicted molar refractivity (Wildman–Crippen MR) is 73.4 cm³/mol. The maximum Gasteiger partial charge on any atom is 0.129 e. The van der Waals surface area contributed by atoms with E-state index in [-0.39, 0.29) is 0 Å². The van der Waals surface area contributed by atoms with E-state index in [0.717, 1.165) is 39.4 Å². The number of ketones is 1. The van der Waals surface area contributed by atoms with Crippen molar-refractivity contribution in [2.45, 2.75) is 46.5 Å². The van der Waals surface area contributed by atoms with Crippen LogP contribution in [0.5, 0.6) is 0 Å². The smallest absolute Gasteiger partial charge is 0.129 e. The van der Waals surface area contributed by atoms with Gasteiger partial charge in [0.2, 0.25) is 0 Å². The Bertz CT molecular complexity index is 104. The maximum atomic E-state index is 10.2. The first kappa shape index (κ1) is 25.4. The molecule has 0 saturated heterocycles. The van der Waals surface area contributed by atoms with Gasteiger partial charge >= 0.3 is 0 Å².